The first kappa shape index (κ1) is 46.8. The van der Waals surface area contributed by atoms with Crippen molar-refractivity contribution in [2.24, 2.45) is 10.2 Å². The number of aromatic amines is 2. The Morgan fingerprint density at radius 3 is 1.44 bits per heavy atom. The topological polar surface area (TPSA) is 198 Å². The number of aryl methyl sites for hydroxylation is 2. The van der Waals surface area contributed by atoms with E-state index in [0.29, 0.717) is 40.1 Å². The molecule has 2 amide bonds. The van der Waals surface area contributed by atoms with E-state index in [4.69, 9.17) is 10.8 Å². The van der Waals surface area contributed by atoms with Gasteiger partial charge in [0.05, 0.1) is 16.8 Å². The number of H-pyrrole nitrogens is 2. The average molecular weight is 862 g/mol. The number of para-hydroxylation sites is 1. The van der Waals surface area contributed by atoms with Crippen LogP contribution in [0.5, 0.6) is 11.8 Å². The van der Waals surface area contributed by atoms with Crippen LogP contribution in [0.2, 0.25) is 0 Å². The Balaban J connectivity index is 0.000000183. The number of aromatic nitrogens is 2. The summed E-state index contributed by atoms with van der Waals surface area (Å²) in [5.74, 6) is -0.216. The highest BCUT2D eigenvalue weighted by Crippen LogP contribution is 2.35. The minimum absolute atomic E-state index is 0.0285. The van der Waals surface area contributed by atoms with Gasteiger partial charge in [-0.1, -0.05) is 101 Å². The Morgan fingerprint density at radius 2 is 1.00 bits per heavy atom. The summed E-state index contributed by atoms with van der Waals surface area (Å²) in [5, 5.41) is 27.3. The minimum Gasteiger partial charge on any atom is -0.495 e. The molecule has 4 fully saturated rings. The van der Waals surface area contributed by atoms with E-state index in [9.17, 15) is 24.3 Å². The number of nitrogens with one attached hydrogen (secondary N) is 2. The first-order chi connectivity index (χ1) is 30.5. The molecule has 4 aromatic rings. The first-order valence-corrected chi connectivity index (χ1v) is 23.3. The molecule has 338 valence electrons. The van der Waals surface area contributed by atoms with Gasteiger partial charge in [-0.05, 0) is 101 Å². The smallest absolute Gasteiger partial charge is 0.256 e. The quantitative estimate of drug-likeness (QED) is 0.0857. The number of amides is 2. The number of benzene rings is 2. The average Bonchev–Trinajstić information content (AvgIpc) is 3.28. The van der Waals surface area contributed by atoms with E-state index in [-0.39, 0.29) is 46.9 Å². The van der Waals surface area contributed by atoms with Gasteiger partial charge < -0.3 is 25.7 Å². The van der Waals surface area contributed by atoms with E-state index in [0.717, 1.165) is 56.9 Å². The van der Waals surface area contributed by atoms with Crippen molar-refractivity contribution >= 4 is 28.9 Å². The third-order valence-corrected chi connectivity index (χ3v) is 13.1. The summed E-state index contributed by atoms with van der Waals surface area (Å²) >= 11 is 0. The minimum atomic E-state index is -0.398. The number of pyridine rings is 2. The molecule has 0 radical (unpaired) electrons. The number of hydrogen-bond donors (Lipinski definition) is 5. The van der Waals surface area contributed by atoms with E-state index in [1.807, 2.05) is 42.5 Å². The number of hydrogen-bond acceptors (Lipinski definition) is 9. The van der Waals surface area contributed by atoms with E-state index in [1.54, 1.807) is 19.9 Å². The van der Waals surface area contributed by atoms with Gasteiger partial charge in [-0.3, -0.25) is 29.1 Å². The maximum Gasteiger partial charge on any atom is 0.256 e. The normalized spacial score (nSPS) is 17.8. The van der Waals surface area contributed by atoms with Crippen LogP contribution in [0.3, 0.4) is 0 Å². The number of nitrogen functional groups attached to an aromatic ring is 1. The molecule has 6 N–H and O–H groups in total. The first-order valence-electron chi connectivity index (χ1n) is 23.3. The third kappa shape index (κ3) is 12.9. The fraction of sp³-hybridized carbons (Fsp3) is 0.520. The van der Waals surface area contributed by atoms with Crippen molar-refractivity contribution in [2.75, 3.05) is 5.73 Å². The van der Waals surface area contributed by atoms with E-state index in [2.05, 4.69) is 30.0 Å². The number of rotatable bonds is 8. The van der Waals surface area contributed by atoms with Crippen LogP contribution in [-0.4, -0.2) is 66.0 Å². The number of azo groups is 1. The van der Waals surface area contributed by atoms with E-state index in [1.165, 1.54) is 95.2 Å². The van der Waals surface area contributed by atoms with Crippen molar-refractivity contribution in [2.45, 2.75) is 166 Å². The third-order valence-electron chi connectivity index (χ3n) is 13.1. The van der Waals surface area contributed by atoms with Gasteiger partial charge in [-0.25, -0.2) is 0 Å². The second-order valence-electron chi connectivity index (χ2n) is 17.8. The summed E-state index contributed by atoms with van der Waals surface area (Å²) in [6, 6.07) is 20.5. The van der Waals surface area contributed by atoms with Gasteiger partial charge in [0.2, 0.25) is 5.88 Å². The Labute approximate surface area is 371 Å². The summed E-state index contributed by atoms with van der Waals surface area (Å²) in [5.41, 5.74) is 9.19. The molecular formula is C50H67N7O6. The molecule has 0 spiro atoms. The second kappa shape index (κ2) is 23.1. The van der Waals surface area contributed by atoms with Crippen molar-refractivity contribution < 1.29 is 19.8 Å². The van der Waals surface area contributed by atoms with Gasteiger partial charge >= 0.3 is 0 Å². The standard InChI is InChI=1S/C25H32N4O3.C19H28N2O.C6H7NO2/c1-17-16-22(30)26-24(31)23(17)28-27-21-15-9-8-14-20(21)25(32)29(18-10-4-2-5-11-18)19-12-6-3-7-13-19;20-18-14-8-7-13-17(18)19(22)21(15-9-3-1-4-10-15)16-11-5-2-6-12-16;1-4-2-5(8)7-6(9)3-4/h8-9,14-16,18-19H,2-7,10-13H2,1H3,(H2,26,30,31);7-8,13-16H,1-6,9-12,20H2;2-3H,1H3,(H2,7,8,9). The van der Waals surface area contributed by atoms with Crippen molar-refractivity contribution in [1.82, 2.24) is 19.8 Å². The number of anilines is 1. The van der Waals surface area contributed by atoms with Gasteiger partial charge in [0.25, 0.3) is 22.9 Å². The van der Waals surface area contributed by atoms with Gasteiger partial charge in [-0.2, -0.15) is 0 Å². The number of carbonyl (C=O) groups is 2. The lowest BCUT2D eigenvalue weighted by Crippen LogP contribution is -2.48. The fourth-order valence-electron chi connectivity index (χ4n) is 9.96. The fourth-order valence-corrected chi connectivity index (χ4v) is 9.96. The Bertz CT molecular complexity index is 2180. The highest BCUT2D eigenvalue weighted by atomic mass is 16.3. The predicted molar refractivity (Wildman–Crippen MR) is 248 cm³/mol. The summed E-state index contributed by atoms with van der Waals surface area (Å²) in [6.07, 6.45) is 23.8. The Kier molecular flexibility index (Phi) is 17.2. The summed E-state index contributed by atoms with van der Waals surface area (Å²) < 4.78 is 0. The predicted octanol–water partition coefficient (Wildman–Crippen LogP) is 10.7. The van der Waals surface area contributed by atoms with Crippen LogP contribution >= 0.6 is 0 Å². The zero-order valence-corrected chi connectivity index (χ0v) is 37.2. The van der Waals surface area contributed by atoms with E-state index >= 15 is 0 Å². The van der Waals surface area contributed by atoms with Crippen LogP contribution in [-0.2, 0) is 0 Å². The van der Waals surface area contributed by atoms with Crippen LogP contribution in [0.25, 0.3) is 0 Å². The molecule has 4 aliphatic carbocycles. The largest absolute Gasteiger partial charge is 0.495 e. The van der Waals surface area contributed by atoms with Crippen molar-refractivity contribution in [1.29, 1.82) is 0 Å². The number of nitrogens with zero attached hydrogens (tertiary/aromatic N) is 4. The molecule has 4 saturated carbocycles. The maximum atomic E-state index is 13.9. The zero-order chi connectivity index (χ0) is 44.7. The monoisotopic (exact) mass is 862 g/mol. The molecule has 2 heterocycles. The highest BCUT2D eigenvalue weighted by molar-refractivity contribution is 6.00. The Hall–Kier alpha value is -5.72. The van der Waals surface area contributed by atoms with Crippen molar-refractivity contribution in [3.63, 3.8) is 0 Å². The number of nitrogens with two attached hydrogens (primary N) is 1. The van der Waals surface area contributed by atoms with Crippen LogP contribution < -0.4 is 16.9 Å². The molecule has 4 aliphatic rings. The number of carbonyl (C=O) groups excluding carboxylic acids is 2. The van der Waals surface area contributed by atoms with Crippen LogP contribution in [0.15, 0.2) is 86.5 Å². The van der Waals surface area contributed by atoms with Crippen molar-refractivity contribution in [3.05, 3.63) is 110 Å². The SMILES string of the molecule is Cc1cc(=O)[nH]c(O)c1N=Nc1ccccc1C(=O)N(C1CCCCC1)C1CCCCC1.Cc1cc(O)[nH]c(=O)c1.Nc1ccccc1C(=O)N(C1CCCCC1)C1CCCCC1. The molecule has 0 atom stereocenters. The molecule has 0 bridgehead atoms. The van der Waals surface area contributed by atoms with Crippen LogP contribution in [0.1, 0.15) is 160 Å². The molecule has 8 rings (SSSR count). The molecule has 63 heavy (non-hydrogen) atoms. The van der Waals surface area contributed by atoms with Gasteiger partial charge in [0.15, 0.2) is 5.88 Å². The van der Waals surface area contributed by atoms with Gasteiger partial charge in [0, 0.05) is 48.1 Å². The summed E-state index contributed by atoms with van der Waals surface area (Å²) in [4.78, 5) is 58.0. The van der Waals surface area contributed by atoms with Gasteiger partial charge in [-0.15, -0.1) is 10.2 Å². The zero-order valence-electron chi connectivity index (χ0n) is 37.2. The summed E-state index contributed by atoms with van der Waals surface area (Å²) in [6.45, 7) is 3.43. The maximum absolute atomic E-state index is 13.9. The molecule has 13 nitrogen and oxygen atoms in total. The number of aromatic hydroxyl groups is 2. The van der Waals surface area contributed by atoms with Gasteiger partial charge in [0.1, 0.15) is 5.69 Å². The molecular weight excluding hydrogens is 795 g/mol. The molecule has 0 saturated heterocycles. The highest BCUT2D eigenvalue weighted by Gasteiger charge is 2.35. The van der Waals surface area contributed by atoms with Crippen LogP contribution in [0, 0.1) is 13.8 Å². The molecule has 2 aromatic heterocycles. The summed E-state index contributed by atoms with van der Waals surface area (Å²) in [7, 11) is 0. The van der Waals surface area contributed by atoms with E-state index < -0.39 is 5.56 Å². The molecule has 2 aromatic carbocycles. The lowest BCUT2D eigenvalue weighted by molar-refractivity contribution is 0.0442. The second-order valence-corrected chi connectivity index (χ2v) is 17.8. The molecule has 0 unspecified atom stereocenters. The lowest BCUT2D eigenvalue weighted by Gasteiger charge is -2.42. The van der Waals surface area contributed by atoms with Crippen LogP contribution in [0.4, 0.5) is 17.1 Å². The molecule has 0 aliphatic heterocycles. The Morgan fingerprint density at radius 1 is 0.571 bits per heavy atom. The lowest BCUT2D eigenvalue weighted by atomic mass is 9.88. The van der Waals surface area contributed by atoms with Crippen molar-refractivity contribution in [3.8, 4) is 11.8 Å². The molecule has 13 heteroatoms.